The summed E-state index contributed by atoms with van der Waals surface area (Å²) in [4.78, 5) is 18.8. The Labute approximate surface area is 137 Å². The van der Waals surface area contributed by atoms with Crippen LogP contribution in [0.1, 0.15) is 42.4 Å². The molecule has 4 heteroatoms. The van der Waals surface area contributed by atoms with Gasteiger partial charge in [-0.3, -0.25) is 4.79 Å². The minimum absolute atomic E-state index is 0.131. The number of nitrogens with one attached hydrogen (secondary N) is 1. The van der Waals surface area contributed by atoms with E-state index in [0.717, 1.165) is 25.2 Å². The first-order valence-electron chi connectivity index (χ1n) is 8.03. The topological polar surface area (TPSA) is 45.2 Å². The number of carbonyl (C=O) groups is 1. The van der Waals surface area contributed by atoms with Gasteiger partial charge in [-0.1, -0.05) is 24.3 Å². The van der Waals surface area contributed by atoms with Gasteiger partial charge in [-0.15, -0.1) is 0 Å². The fraction of sp³-hybridized carbons (Fsp3) is 0.368. The van der Waals surface area contributed by atoms with Gasteiger partial charge in [0.05, 0.1) is 11.9 Å². The molecule has 0 radical (unpaired) electrons. The van der Waals surface area contributed by atoms with Crippen LogP contribution in [-0.2, 0) is 13.0 Å². The fourth-order valence-corrected chi connectivity index (χ4v) is 2.83. The minimum Gasteiger partial charge on any atom is -0.366 e. The summed E-state index contributed by atoms with van der Waals surface area (Å²) < 4.78 is 0. The van der Waals surface area contributed by atoms with Crippen molar-refractivity contribution in [2.45, 2.75) is 39.3 Å². The normalized spacial score (nSPS) is 14.3. The molecule has 2 heterocycles. The summed E-state index contributed by atoms with van der Waals surface area (Å²) in [5.41, 5.74) is 4.06. The smallest absolute Gasteiger partial charge is 0.270 e. The molecule has 1 aliphatic rings. The average Bonchev–Trinajstić information content (AvgIpc) is 2.53. The summed E-state index contributed by atoms with van der Waals surface area (Å²) in [6.45, 7) is 7.76. The Balaban J connectivity index is 1.72. The first-order chi connectivity index (χ1) is 10.9. The molecule has 0 saturated carbocycles. The lowest BCUT2D eigenvalue weighted by Crippen LogP contribution is -2.41. The lowest BCUT2D eigenvalue weighted by Gasteiger charge is -2.30. The number of amides is 1. The highest BCUT2D eigenvalue weighted by Crippen LogP contribution is 2.23. The molecule has 1 aliphatic heterocycles. The predicted octanol–water partition coefficient (Wildman–Crippen LogP) is 3.17. The number of rotatable bonds is 2. The van der Waals surface area contributed by atoms with Gasteiger partial charge in [-0.2, -0.15) is 0 Å². The molecule has 0 saturated heterocycles. The Bertz CT molecular complexity index is 701. The van der Waals surface area contributed by atoms with Crippen LogP contribution in [0.2, 0.25) is 0 Å². The number of benzene rings is 1. The number of fused-ring (bicyclic) bond motifs is 1. The van der Waals surface area contributed by atoms with Crippen molar-refractivity contribution in [3.8, 4) is 0 Å². The summed E-state index contributed by atoms with van der Waals surface area (Å²) in [7, 11) is 0. The highest BCUT2D eigenvalue weighted by molar-refractivity contribution is 5.92. The second-order valence-electron chi connectivity index (χ2n) is 7.05. The summed E-state index contributed by atoms with van der Waals surface area (Å²) in [6.07, 6.45) is 2.84. The van der Waals surface area contributed by atoms with Crippen molar-refractivity contribution in [3.63, 3.8) is 0 Å². The zero-order valence-electron chi connectivity index (χ0n) is 14.0. The number of aromatic nitrogens is 1. The first kappa shape index (κ1) is 15.5. The molecule has 0 fully saturated rings. The highest BCUT2D eigenvalue weighted by Gasteiger charge is 2.18. The standard InChI is InChI=1S/C19H23N3O/c1-19(2,3)21-18(23)17-9-8-16(12-20-17)22-11-10-14-6-4-5-7-15(14)13-22/h4-9,12H,10-11,13H2,1-3H3,(H,21,23). The number of anilines is 1. The van der Waals surface area contributed by atoms with Gasteiger partial charge in [0, 0.05) is 18.6 Å². The third-order valence-electron chi connectivity index (χ3n) is 3.96. The Morgan fingerprint density at radius 2 is 1.87 bits per heavy atom. The summed E-state index contributed by atoms with van der Waals surface area (Å²) in [5.74, 6) is -0.131. The van der Waals surface area contributed by atoms with Gasteiger partial charge < -0.3 is 10.2 Å². The van der Waals surface area contributed by atoms with Crippen LogP contribution in [0.15, 0.2) is 42.6 Å². The van der Waals surface area contributed by atoms with Crippen LogP contribution >= 0.6 is 0 Å². The molecule has 23 heavy (non-hydrogen) atoms. The number of nitrogens with zero attached hydrogens (tertiary/aromatic N) is 2. The van der Waals surface area contributed by atoms with Gasteiger partial charge in [0.25, 0.3) is 5.91 Å². The van der Waals surface area contributed by atoms with Crippen LogP contribution < -0.4 is 10.2 Å². The van der Waals surface area contributed by atoms with E-state index >= 15 is 0 Å². The van der Waals surface area contributed by atoms with Crippen LogP contribution in [0.4, 0.5) is 5.69 Å². The summed E-state index contributed by atoms with van der Waals surface area (Å²) in [6, 6.07) is 12.3. The third kappa shape index (κ3) is 3.70. The second kappa shape index (κ2) is 6.03. The fourth-order valence-electron chi connectivity index (χ4n) is 2.83. The largest absolute Gasteiger partial charge is 0.366 e. The van der Waals surface area contributed by atoms with E-state index in [1.807, 2.05) is 26.8 Å². The highest BCUT2D eigenvalue weighted by atomic mass is 16.2. The van der Waals surface area contributed by atoms with Gasteiger partial charge >= 0.3 is 0 Å². The van der Waals surface area contributed by atoms with E-state index in [4.69, 9.17) is 0 Å². The Morgan fingerprint density at radius 3 is 2.52 bits per heavy atom. The average molecular weight is 309 g/mol. The molecule has 0 unspecified atom stereocenters. The SMILES string of the molecule is CC(C)(C)NC(=O)c1ccc(N2CCc3ccccc3C2)cn1. The lowest BCUT2D eigenvalue weighted by atomic mass is 10.00. The summed E-state index contributed by atoms with van der Waals surface area (Å²) >= 11 is 0. The number of carbonyl (C=O) groups excluding carboxylic acids is 1. The number of hydrogen-bond acceptors (Lipinski definition) is 3. The van der Waals surface area contributed by atoms with Gasteiger partial charge in [0.2, 0.25) is 0 Å². The van der Waals surface area contributed by atoms with Crippen molar-refractivity contribution >= 4 is 11.6 Å². The molecule has 1 aromatic heterocycles. The zero-order chi connectivity index (χ0) is 16.4. The molecular weight excluding hydrogens is 286 g/mol. The molecule has 3 rings (SSSR count). The molecule has 0 atom stereocenters. The number of pyridine rings is 1. The molecule has 4 nitrogen and oxygen atoms in total. The Morgan fingerprint density at radius 1 is 1.13 bits per heavy atom. The molecule has 1 amide bonds. The second-order valence-corrected chi connectivity index (χ2v) is 7.05. The quantitative estimate of drug-likeness (QED) is 0.927. The predicted molar refractivity (Wildman–Crippen MR) is 92.7 cm³/mol. The van der Waals surface area contributed by atoms with Gasteiger partial charge in [0.1, 0.15) is 5.69 Å². The molecule has 2 aromatic rings. The van der Waals surface area contributed by atoms with Gasteiger partial charge in [-0.25, -0.2) is 4.98 Å². The molecular formula is C19H23N3O. The van der Waals surface area contributed by atoms with E-state index in [2.05, 4.69) is 39.5 Å². The van der Waals surface area contributed by atoms with Crippen LogP contribution in [0.3, 0.4) is 0 Å². The van der Waals surface area contributed by atoms with E-state index in [0.29, 0.717) is 5.69 Å². The molecule has 0 spiro atoms. The lowest BCUT2D eigenvalue weighted by molar-refractivity contribution is 0.0914. The van der Waals surface area contributed by atoms with Gasteiger partial charge in [-0.05, 0) is 50.5 Å². The Hall–Kier alpha value is -2.36. The maximum atomic E-state index is 12.1. The Kier molecular flexibility index (Phi) is 4.07. The molecule has 1 aromatic carbocycles. The monoisotopic (exact) mass is 309 g/mol. The van der Waals surface area contributed by atoms with E-state index < -0.39 is 0 Å². The van der Waals surface area contributed by atoms with Crippen LogP contribution in [-0.4, -0.2) is 23.0 Å². The first-order valence-corrected chi connectivity index (χ1v) is 8.03. The van der Waals surface area contributed by atoms with Crippen molar-refractivity contribution in [2.75, 3.05) is 11.4 Å². The van der Waals surface area contributed by atoms with Crippen LogP contribution in [0.25, 0.3) is 0 Å². The molecule has 120 valence electrons. The maximum Gasteiger partial charge on any atom is 0.270 e. The van der Waals surface area contributed by atoms with Gasteiger partial charge in [0.15, 0.2) is 0 Å². The van der Waals surface area contributed by atoms with Crippen molar-refractivity contribution in [1.29, 1.82) is 0 Å². The van der Waals surface area contributed by atoms with Crippen LogP contribution in [0.5, 0.6) is 0 Å². The van der Waals surface area contributed by atoms with E-state index in [-0.39, 0.29) is 11.4 Å². The van der Waals surface area contributed by atoms with E-state index in [9.17, 15) is 4.79 Å². The van der Waals surface area contributed by atoms with Crippen LogP contribution in [0, 0.1) is 0 Å². The van der Waals surface area contributed by atoms with Crippen molar-refractivity contribution < 1.29 is 4.79 Å². The molecule has 0 aliphatic carbocycles. The molecule has 0 bridgehead atoms. The third-order valence-corrected chi connectivity index (χ3v) is 3.96. The minimum atomic E-state index is -0.256. The van der Waals surface area contributed by atoms with Crippen molar-refractivity contribution in [2.24, 2.45) is 0 Å². The zero-order valence-corrected chi connectivity index (χ0v) is 14.0. The molecule has 1 N–H and O–H groups in total. The van der Waals surface area contributed by atoms with E-state index in [1.165, 1.54) is 11.1 Å². The number of hydrogen-bond donors (Lipinski definition) is 1. The van der Waals surface area contributed by atoms with Crippen molar-refractivity contribution in [3.05, 3.63) is 59.4 Å². The summed E-state index contributed by atoms with van der Waals surface area (Å²) in [5, 5.41) is 2.93. The van der Waals surface area contributed by atoms with E-state index in [1.54, 1.807) is 12.3 Å². The maximum absolute atomic E-state index is 12.1. The van der Waals surface area contributed by atoms with Crippen molar-refractivity contribution in [1.82, 2.24) is 10.3 Å².